The first-order valence-electron chi connectivity index (χ1n) is 7.15. The third kappa shape index (κ3) is 4.61. The first kappa shape index (κ1) is 18.3. The highest BCUT2D eigenvalue weighted by atomic mass is 16.6. The van der Waals surface area contributed by atoms with E-state index in [4.69, 9.17) is 15.9 Å². The molecule has 0 unspecified atom stereocenters. The van der Waals surface area contributed by atoms with E-state index < -0.39 is 16.4 Å². The molecule has 0 aliphatic carbocycles. The molecule has 0 fully saturated rings. The number of nitrogens with one attached hydrogen (secondary N) is 1. The van der Waals surface area contributed by atoms with Gasteiger partial charge >= 0.3 is 0 Å². The molecule has 0 bridgehead atoms. The maximum Gasteiger partial charge on any atom is 0.273 e. The fourth-order valence-corrected chi connectivity index (χ4v) is 2.00. The lowest BCUT2D eigenvalue weighted by atomic mass is 9.94. The zero-order valence-electron chi connectivity index (χ0n) is 13.4. The zero-order valence-corrected chi connectivity index (χ0v) is 13.4. The van der Waals surface area contributed by atoms with Crippen LogP contribution in [0.1, 0.15) is 26.7 Å². The molecule has 0 spiro atoms. The van der Waals surface area contributed by atoms with Crippen LogP contribution in [-0.4, -0.2) is 30.1 Å². The van der Waals surface area contributed by atoms with Crippen LogP contribution in [0, 0.1) is 22.5 Å². The number of ether oxygens (including phenoxy) is 2. The van der Waals surface area contributed by atoms with E-state index >= 15 is 0 Å². The van der Waals surface area contributed by atoms with Crippen LogP contribution in [0.3, 0.4) is 0 Å². The Hall–Kier alpha value is -2.75. The van der Waals surface area contributed by atoms with Crippen LogP contribution in [0.15, 0.2) is 18.2 Å². The number of benzene rings is 1. The largest absolute Gasteiger partial charge is 0.493 e. The number of carbonyl (C=O) groups is 1. The van der Waals surface area contributed by atoms with Gasteiger partial charge in [0.05, 0.1) is 18.1 Å². The summed E-state index contributed by atoms with van der Waals surface area (Å²) in [5.74, 6) is 2.61. The molecular formula is C16H20N2O5. The van der Waals surface area contributed by atoms with Crippen LogP contribution in [0.5, 0.6) is 11.5 Å². The molecule has 1 amide bonds. The van der Waals surface area contributed by atoms with Crippen molar-refractivity contribution < 1.29 is 19.2 Å². The molecule has 7 nitrogen and oxygen atoms in total. The minimum absolute atomic E-state index is 0.121. The molecule has 0 saturated carbocycles. The van der Waals surface area contributed by atoms with Gasteiger partial charge in [-0.1, -0.05) is 19.8 Å². The molecular weight excluding hydrogens is 300 g/mol. The molecule has 0 saturated heterocycles. The fourth-order valence-electron chi connectivity index (χ4n) is 2.00. The summed E-state index contributed by atoms with van der Waals surface area (Å²) in [5, 5.41) is 13.6. The number of carbonyl (C=O) groups excluding carboxylic acids is 1. The molecule has 1 rings (SSSR count). The third-order valence-electron chi connectivity index (χ3n) is 3.58. The number of methoxy groups -OCH3 is 1. The Labute approximate surface area is 135 Å². The summed E-state index contributed by atoms with van der Waals surface area (Å²) in [7, 11) is 1.41. The molecule has 1 N–H and O–H groups in total. The SMILES string of the molecule is C#CC(CC)(CC)NC(=O)COc1cc([N+](=O)[O-])ccc1OC. The number of hydrogen-bond acceptors (Lipinski definition) is 5. The van der Waals surface area contributed by atoms with Gasteiger partial charge < -0.3 is 14.8 Å². The predicted molar refractivity (Wildman–Crippen MR) is 85.4 cm³/mol. The topological polar surface area (TPSA) is 90.7 Å². The number of non-ortho nitro benzene ring substituents is 1. The highest BCUT2D eigenvalue weighted by Crippen LogP contribution is 2.31. The molecule has 124 valence electrons. The second kappa shape index (κ2) is 8.03. The number of terminal acetylenes is 1. The lowest BCUT2D eigenvalue weighted by Crippen LogP contribution is -2.48. The summed E-state index contributed by atoms with van der Waals surface area (Å²) in [6.07, 6.45) is 6.66. The molecule has 23 heavy (non-hydrogen) atoms. The molecule has 0 aliphatic rings. The van der Waals surface area contributed by atoms with Gasteiger partial charge in [-0.2, -0.15) is 0 Å². The van der Waals surface area contributed by atoms with Crippen molar-refractivity contribution >= 4 is 11.6 Å². The Morgan fingerprint density at radius 3 is 2.52 bits per heavy atom. The van der Waals surface area contributed by atoms with E-state index in [1.807, 2.05) is 13.8 Å². The van der Waals surface area contributed by atoms with E-state index in [1.54, 1.807) is 0 Å². The minimum atomic E-state index is -0.715. The lowest BCUT2D eigenvalue weighted by Gasteiger charge is -2.27. The van der Waals surface area contributed by atoms with Crippen molar-refractivity contribution in [2.24, 2.45) is 0 Å². The van der Waals surface area contributed by atoms with E-state index in [-0.39, 0.29) is 18.0 Å². The van der Waals surface area contributed by atoms with Crippen LogP contribution in [0.4, 0.5) is 5.69 Å². The Bertz CT molecular complexity index is 617. The molecule has 0 atom stereocenters. The first-order valence-corrected chi connectivity index (χ1v) is 7.15. The van der Waals surface area contributed by atoms with E-state index in [0.717, 1.165) is 0 Å². The summed E-state index contributed by atoms with van der Waals surface area (Å²) in [4.78, 5) is 22.3. The Balaban J connectivity index is 2.81. The molecule has 0 aliphatic heterocycles. The van der Waals surface area contributed by atoms with Crippen LogP contribution in [0.2, 0.25) is 0 Å². The number of nitrogens with zero attached hydrogens (tertiary/aromatic N) is 1. The number of amides is 1. The van der Waals surface area contributed by atoms with Gasteiger partial charge in [-0.3, -0.25) is 14.9 Å². The second-order valence-corrected chi connectivity index (χ2v) is 4.86. The minimum Gasteiger partial charge on any atom is -0.493 e. The van der Waals surface area contributed by atoms with Crippen molar-refractivity contribution in [1.29, 1.82) is 0 Å². The number of rotatable bonds is 8. The van der Waals surface area contributed by atoms with E-state index in [1.165, 1.54) is 25.3 Å². The molecule has 0 heterocycles. The molecule has 1 aromatic rings. The normalized spacial score (nSPS) is 10.5. The number of nitro benzene ring substituents is 1. The van der Waals surface area contributed by atoms with Gasteiger partial charge in [-0.25, -0.2) is 0 Å². The Morgan fingerprint density at radius 2 is 2.04 bits per heavy atom. The van der Waals surface area contributed by atoms with Crippen LogP contribution in [0.25, 0.3) is 0 Å². The summed E-state index contributed by atoms with van der Waals surface area (Å²) in [5.41, 5.74) is -0.867. The number of nitro groups is 1. The van der Waals surface area contributed by atoms with E-state index in [9.17, 15) is 14.9 Å². The average molecular weight is 320 g/mol. The van der Waals surface area contributed by atoms with Crippen molar-refractivity contribution in [3.8, 4) is 23.8 Å². The van der Waals surface area contributed by atoms with Gasteiger partial charge in [-0.15, -0.1) is 6.42 Å². The van der Waals surface area contributed by atoms with Gasteiger partial charge in [0.1, 0.15) is 5.54 Å². The maximum absolute atomic E-state index is 12.0. The highest BCUT2D eigenvalue weighted by Gasteiger charge is 2.25. The number of hydrogen-bond donors (Lipinski definition) is 1. The van der Waals surface area contributed by atoms with Gasteiger partial charge in [-0.05, 0) is 18.9 Å². The Morgan fingerprint density at radius 1 is 1.39 bits per heavy atom. The summed E-state index contributed by atoms with van der Waals surface area (Å²) < 4.78 is 10.4. The molecule has 1 aromatic carbocycles. The van der Waals surface area contributed by atoms with Crippen molar-refractivity contribution in [3.05, 3.63) is 28.3 Å². The second-order valence-electron chi connectivity index (χ2n) is 4.86. The zero-order chi connectivity index (χ0) is 17.5. The molecule has 0 aromatic heterocycles. The van der Waals surface area contributed by atoms with Gasteiger partial charge in [0.25, 0.3) is 11.6 Å². The molecule has 7 heteroatoms. The predicted octanol–water partition coefficient (Wildman–Crippen LogP) is 2.29. The first-order chi connectivity index (χ1) is 10.9. The summed E-state index contributed by atoms with van der Waals surface area (Å²) in [6.45, 7) is 3.45. The summed E-state index contributed by atoms with van der Waals surface area (Å²) in [6, 6.07) is 3.92. The highest BCUT2D eigenvalue weighted by molar-refractivity contribution is 5.79. The maximum atomic E-state index is 12.0. The van der Waals surface area contributed by atoms with Crippen LogP contribution >= 0.6 is 0 Å². The van der Waals surface area contributed by atoms with Gasteiger partial charge in [0.15, 0.2) is 18.1 Å². The van der Waals surface area contributed by atoms with Crippen molar-refractivity contribution in [2.75, 3.05) is 13.7 Å². The monoisotopic (exact) mass is 320 g/mol. The average Bonchev–Trinajstić information content (AvgIpc) is 2.57. The van der Waals surface area contributed by atoms with E-state index in [0.29, 0.717) is 18.6 Å². The third-order valence-corrected chi connectivity index (χ3v) is 3.58. The smallest absolute Gasteiger partial charge is 0.273 e. The quantitative estimate of drug-likeness (QED) is 0.451. The van der Waals surface area contributed by atoms with Crippen molar-refractivity contribution in [3.63, 3.8) is 0 Å². The fraction of sp³-hybridized carbons (Fsp3) is 0.438. The van der Waals surface area contributed by atoms with Crippen molar-refractivity contribution in [1.82, 2.24) is 5.32 Å². The summed E-state index contributed by atoms with van der Waals surface area (Å²) >= 11 is 0. The lowest BCUT2D eigenvalue weighted by molar-refractivity contribution is -0.385. The molecule has 0 radical (unpaired) electrons. The van der Waals surface area contributed by atoms with Gasteiger partial charge in [0, 0.05) is 6.07 Å². The van der Waals surface area contributed by atoms with Gasteiger partial charge in [0.2, 0.25) is 0 Å². The van der Waals surface area contributed by atoms with Crippen LogP contribution < -0.4 is 14.8 Å². The van der Waals surface area contributed by atoms with Crippen LogP contribution in [-0.2, 0) is 4.79 Å². The van der Waals surface area contributed by atoms with Crippen molar-refractivity contribution in [2.45, 2.75) is 32.2 Å². The van der Waals surface area contributed by atoms with E-state index in [2.05, 4.69) is 11.2 Å². The Kier molecular flexibility index (Phi) is 6.39. The standard InChI is InChI=1S/C16H20N2O5/c1-5-16(6-2,7-3)17-15(19)11-23-14-10-12(18(20)21)8-9-13(14)22-4/h1,8-10H,6-7,11H2,2-4H3,(H,17,19).